The van der Waals surface area contributed by atoms with Crippen molar-refractivity contribution in [1.29, 1.82) is 0 Å². The van der Waals surface area contributed by atoms with Gasteiger partial charge in [0, 0.05) is 6.07 Å². The lowest BCUT2D eigenvalue weighted by Crippen LogP contribution is -2.09. The van der Waals surface area contributed by atoms with E-state index in [2.05, 4.69) is 0 Å². The van der Waals surface area contributed by atoms with E-state index in [-0.39, 0.29) is 30.0 Å². The number of hydrogen-bond acceptors (Lipinski definition) is 7. The molecule has 0 aromatic heterocycles. The molecule has 9 nitrogen and oxygen atoms in total. The second-order valence-corrected chi connectivity index (χ2v) is 7.83. The number of anilines is 3. The molecule has 0 bridgehead atoms. The van der Waals surface area contributed by atoms with Gasteiger partial charge in [0.05, 0.1) is 45.0 Å². The molecule has 0 fully saturated rings. The highest BCUT2D eigenvalue weighted by Gasteiger charge is 2.07. The molecular formula is C16H19Cl2N3O6S. The molecule has 0 heterocycles. The van der Waals surface area contributed by atoms with Crippen molar-refractivity contribution >= 4 is 56.4 Å². The van der Waals surface area contributed by atoms with Crippen LogP contribution in [0, 0.1) is 0 Å². The highest BCUT2D eigenvalue weighted by Crippen LogP contribution is 2.30. The molecule has 2 aromatic carbocycles. The van der Waals surface area contributed by atoms with Crippen molar-refractivity contribution in [3.63, 3.8) is 0 Å². The number of carboxylic acids is 1. The van der Waals surface area contributed by atoms with Gasteiger partial charge >= 0.3 is 5.97 Å². The molecule has 0 atom stereocenters. The Morgan fingerprint density at radius 2 is 1.61 bits per heavy atom. The summed E-state index contributed by atoms with van der Waals surface area (Å²) in [6.07, 6.45) is 0.154. The Bertz CT molecular complexity index is 954. The van der Waals surface area contributed by atoms with E-state index >= 15 is 0 Å². The fraction of sp³-hybridized carbons (Fsp3) is 0.188. The SMILES string of the molecule is Nc1cc(C(=O)O)ccc1Cl.Nc1cc(OCCCS(=O)(=O)O)c(N)cc1Cl. The molecule has 2 aromatic rings. The molecule has 0 aliphatic heterocycles. The Labute approximate surface area is 171 Å². The maximum Gasteiger partial charge on any atom is 0.335 e. The van der Waals surface area contributed by atoms with Gasteiger partial charge in [-0.3, -0.25) is 4.55 Å². The minimum absolute atomic E-state index is 0.102. The molecule has 0 amide bonds. The minimum Gasteiger partial charge on any atom is -0.491 e. The van der Waals surface area contributed by atoms with Gasteiger partial charge in [-0.15, -0.1) is 0 Å². The summed E-state index contributed by atoms with van der Waals surface area (Å²) in [7, 11) is -3.96. The van der Waals surface area contributed by atoms with Crippen LogP contribution in [0.5, 0.6) is 5.75 Å². The smallest absolute Gasteiger partial charge is 0.335 e. The van der Waals surface area contributed by atoms with E-state index in [9.17, 15) is 13.2 Å². The maximum absolute atomic E-state index is 10.4. The zero-order valence-electron chi connectivity index (χ0n) is 14.4. The quantitative estimate of drug-likeness (QED) is 0.250. The molecule has 8 N–H and O–H groups in total. The number of carboxylic acid groups (broad SMARTS) is 1. The summed E-state index contributed by atoms with van der Waals surface area (Å²) in [6, 6.07) is 7.10. The number of halogens is 2. The first-order chi connectivity index (χ1) is 12.9. The lowest BCUT2D eigenvalue weighted by molar-refractivity contribution is 0.0697. The van der Waals surface area contributed by atoms with Crippen molar-refractivity contribution < 1.29 is 27.6 Å². The van der Waals surface area contributed by atoms with Gasteiger partial charge in [0.25, 0.3) is 10.1 Å². The van der Waals surface area contributed by atoms with Crippen LogP contribution in [0.4, 0.5) is 17.1 Å². The molecule has 2 rings (SSSR count). The highest BCUT2D eigenvalue weighted by molar-refractivity contribution is 7.85. The third kappa shape index (κ3) is 8.09. The Kier molecular flexibility index (Phi) is 8.64. The van der Waals surface area contributed by atoms with E-state index < -0.39 is 16.1 Å². The summed E-state index contributed by atoms with van der Waals surface area (Å²) in [4.78, 5) is 10.4. The van der Waals surface area contributed by atoms with Gasteiger partial charge in [-0.1, -0.05) is 23.2 Å². The van der Waals surface area contributed by atoms with Crippen LogP contribution in [0.15, 0.2) is 30.3 Å². The molecule has 0 radical (unpaired) electrons. The number of ether oxygens (including phenoxy) is 1. The van der Waals surface area contributed by atoms with Crippen molar-refractivity contribution in [2.75, 3.05) is 29.6 Å². The monoisotopic (exact) mass is 451 g/mol. The summed E-state index contributed by atoms with van der Waals surface area (Å²) >= 11 is 11.3. The Balaban J connectivity index is 0.000000307. The van der Waals surface area contributed by atoms with Crippen LogP contribution in [0.1, 0.15) is 16.8 Å². The van der Waals surface area contributed by atoms with Crippen LogP contribution in [0.2, 0.25) is 10.0 Å². The molecule has 0 unspecified atom stereocenters. The summed E-state index contributed by atoms with van der Waals surface area (Å²) in [5.41, 5.74) is 17.6. The summed E-state index contributed by atoms with van der Waals surface area (Å²) in [6.45, 7) is 0.102. The highest BCUT2D eigenvalue weighted by atomic mass is 35.5. The van der Waals surface area contributed by atoms with Crippen LogP contribution in [-0.2, 0) is 10.1 Å². The third-order valence-corrected chi connectivity index (χ3v) is 4.65. The first-order valence-electron chi connectivity index (χ1n) is 7.61. The van der Waals surface area contributed by atoms with E-state index in [0.29, 0.717) is 27.2 Å². The molecular weight excluding hydrogens is 433 g/mol. The van der Waals surface area contributed by atoms with Gasteiger partial charge in [-0.05, 0) is 30.7 Å². The second kappa shape index (κ2) is 10.2. The first kappa shape index (κ1) is 23.6. The summed E-state index contributed by atoms with van der Waals surface area (Å²) in [5.74, 6) is -1.04. The van der Waals surface area contributed by atoms with Crippen molar-refractivity contribution in [3.05, 3.63) is 45.9 Å². The largest absolute Gasteiger partial charge is 0.491 e. The normalized spacial score (nSPS) is 10.7. The fourth-order valence-electron chi connectivity index (χ4n) is 1.81. The van der Waals surface area contributed by atoms with E-state index in [4.69, 9.17) is 54.8 Å². The number of rotatable bonds is 6. The molecule has 0 saturated carbocycles. The average Bonchev–Trinajstić information content (AvgIpc) is 2.58. The van der Waals surface area contributed by atoms with Gasteiger partial charge in [-0.25, -0.2) is 4.79 Å². The lowest BCUT2D eigenvalue weighted by atomic mass is 10.2. The number of benzene rings is 2. The van der Waals surface area contributed by atoms with Crippen molar-refractivity contribution in [2.24, 2.45) is 0 Å². The van der Waals surface area contributed by atoms with Gasteiger partial charge in [0.2, 0.25) is 0 Å². The molecule has 154 valence electrons. The maximum atomic E-state index is 10.4. The van der Waals surface area contributed by atoms with E-state index in [1.54, 1.807) is 0 Å². The summed E-state index contributed by atoms with van der Waals surface area (Å²) < 4.78 is 34.6. The molecule has 0 aliphatic carbocycles. The van der Waals surface area contributed by atoms with Gasteiger partial charge in [0.15, 0.2) is 0 Å². The number of aromatic carboxylic acids is 1. The fourth-order valence-corrected chi connectivity index (χ4v) is 2.58. The van der Waals surface area contributed by atoms with Crippen molar-refractivity contribution in [3.8, 4) is 5.75 Å². The molecule has 12 heteroatoms. The van der Waals surface area contributed by atoms with Crippen molar-refractivity contribution in [2.45, 2.75) is 6.42 Å². The standard InChI is InChI=1S/C9H13ClN2O4S.C7H6ClNO2/c10-6-4-8(12)9(5-7(6)11)16-2-1-3-17(13,14)15;8-5-2-1-4(7(10)11)3-6(5)9/h4-5H,1-3,11-12H2,(H,13,14,15);1-3H,9H2,(H,10,11). The van der Waals surface area contributed by atoms with Gasteiger partial charge in [-0.2, -0.15) is 8.42 Å². The first-order valence-corrected chi connectivity index (χ1v) is 9.98. The van der Waals surface area contributed by atoms with E-state index in [1.165, 1.54) is 30.3 Å². The third-order valence-electron chi connectivity index (χ3n) is 3.18. The van der Waals surface area contributed by atoms with E-state index in [1.807, 2.05) is 0 Å². The minimum atomic E-state index is -3.96. The number of nitrogens with two attached hydrogens (primary N) is 3. The molecule has 0 saturated heterocycles. The number of hydrogen-bond donors (Lipinski definition) is 5. The van der Waals surface area contributed by atoms with Crippen LogP contribution in [0.3, 0.4) is 0 Å². The van der Waals surface area contributed by atoms with Crippen LogP contribution < -0.4 is 21.9 Å². The lowest BCUT2D eigenvalue weighted by Gasteiger charge is -2.10. The second-order valence-electron chi connectivity index (χ2n) is 5.44. The van der Waals surface area contributed by atoms with Crippen LogP contribution >= 0.6 is 23.2 Å². The molecule has 0 spiro atoms. The Morgan fingerprint density at radius 3 is 2.14 bits per heavy atom. The topological polar surface area (TPSA) is 179 Å². The molecule has 0 aliphatic rings. The zero-order chi connectivity index (χ0) is 21.5. The van der Waals surface area contributed by atoms with Gasteiger partial charge in [0.1, 0.15) is 5.75 Å². The zero-order valence-corrected chi connectivity index (χ0v) is 16.8. The van der Waals surface area contributed by atoms with Crippen LogP contribution in [0.25, 0.3) is 0 Å². The predicted molar refractivity (Wildman–Crippen MR) is 110 cm³/mol. The van der Waals surface area contributed by atoms with Crippen LogP contribution in [-0.4, -0.2) is 36.4 Å². The predicted octanol–water partition coefficient (Wildman–Crippen LogP) is 2.78. The van der Waals surface area contributed by atoms with Gasteiger partial charge < -0.3 is 27.0 Å². The Hall–Kier alpha value is -2.40. The van der Waals surface area contributed by atoms with E-state index in [0.717, 1.165) is 0 Å². The molecule has 28 heavy (non-hydrogen) atoms. The average molecular weight is 452 g/mol. The number of nitrogen functional groups attached to an aromatic ring is 3. The number of carbonyl (C=O) groups is 1. The Morgan fingerprint density at radius 1 is 1.00 bits per heavy atom. The van der Waals surface area contributed by atoms with Crippen molar-refractivity contribution in [1.82, 2.24) is 0 Å². The summed E-state index contributed by atoms with van der Waals surface area (Å²) in [5, 5.41) is 9.20.